The van der Waals surface area contributed by atoms with Crippen LogP contribution in [0.15, 0.2) is 36.4 Å². The van der Waals surface area contributed by atoms with Crippen LogP contribution in [0.2, 0.25) is 0 Å². The summed E-state index contributed by atoms with van der Waals surface area (Å²) in [6, 6.07) is 6.49. The first-order valence-electron chi connectivity index (χ1n) is 8.78. The number of nitrogens with one attached hydrogen (secondary N) is 1. The predicted octanol–water partition coefficient (Wildman–Crippen LogP) is 3.73. The van der Waals surface area contributed by atoms with Gasteiger partial charge in [-0.3, -0.25) is 4.79 Å². The molecule has 168 valence electrons. The SMILES string of the molecule is C[C@](O)(Cn1nnc2cc(C(F)(F)F)ccc21)C(=O)Nc1ccc(C#N)c(C(F)(F)F)c1. The summed E-state index contributed by atoms with van der Waals surface area (Å²) in [7, 11) is 0. The molecule has 0 fully saturated rings. The van der Waals surface area contributed by atoms with E-state index >= 15 is 0 Å². The van der Waals surface area contributed by atoms with E-state index in [0.717, 1.165) is 41.9 Å². The second kappa shape index (κ2) is 7.79. The number of hydrogen-bond acceptors (Lipinski definition) is 5. The van der Waals surface area contributed by atoms with Crippen molar-refractivity contribution in [2.45, 2.75) is 31.4 Å². The molecule has 0 aliphatic heterocycles. The Kier molecular flexibility index (Phi) is 5.60. The van der Waals surface area contributed by atoms with E-state index < -0.39 is 47.1 Å². The van der Waals surface area contributed by atoms with Crippen LogP contribution in [0.4, 0.5) is 32.0 Å². The maximum atomic E-state index is 13.1. The smallest absolute Gasteiger partial charge is 0.378 e. The van der Waals surface area contributed by atoms with Crippen LogP contribution >= 0.6 is 0 Å². The fourth-order valence-corrected chi connectivity index (χ4v) is 2.85. The lowest BCUT2D eigenvalue weighted by molar-refractivity contribution is -0.138. The molecule has 0 radical (unpaired) electrons. The largest absolute Gasteiger partial charge is 0.417 e. The first-order chi connectivity index (χ1) is 14.7. The number of nitrogens with zero attached hydrogens (tertiary/aromatic N) is 4. The lowest BCUT2D eigenvalue weighted by atomic mass is 10.0. The second-order valence-electron chi connectivity index (χ2n) is 7.05. The van der Waals surface area contributed by atoms with Gasteiger partial charge in [0.25, 0.3) is 5.91 Å². The topological polar surface area (TPSA) is 104 Å². The molecule has 1 amide bonds. The Morgan fingerprint density at radius 3 is 2.41 bits per heavy atom. The maximum absolute atomic E-state index is 13.1. The Balaban J connectivity index is 1.83. The lowest BCUT2D eigenvalue weighted by Crippen LogP contribution is -2.44. The number of nitriles is 1. The van der Waals surface area contributed by atoms with E-state index in [1.807, 2.05) is 0 Å². The number of carbonyl (C=O) groups excluding carboxylic acids is 1. The number of fused-ring (bicyclic) bond motifs is 1. The Bertz CT molecular complexity index is 1220. The molecule has 2 N–H and O–H groups in total. The molecule has 7 nitrogen and oxygen atoms in total. The molecule has 1 heterocycles. The van der Waals surface area contributed by atoms with Gasteiger partial charge in [0, 0.05) is 5.69 Å². The zero-order valence-electron chi connectivity index (χ0n) is 16.1. The van der Waals surface area contributed by atoms with Gasteiger partial charge in [-0.25, -0.2) is 4.68 Å². The van der Waals surface area contributed by atoms with E-state index in [4.69, 9.17) is 5.26 Å². The Morgan fingerprint density at radius 2 is 1.81 bits per heavy atom. The number of aromatic nitrogens is 3. The molecular weight excluding hydrogens is 444 g/mol. The highest BCUT2D eigenvalue weighted by molar-refractivity contribution is 5.97. The molecule has 0 spiro atoms. The summed E-state index contributed by atoms with van der Waals surface area (Å²) < 4.78 is 78.7. The van der Waals surface area contributed by atoms with Crippen LogP contribution in [0.1, 0.15) is 23.6 Å². The number of halogens is 6. The van der Waals surface area contributed by atoms with Crippen LogP contribution in [0.25, 0.3) is 11.0 Å². The Labute approximate surface area is 175 Å². The molecule has 0 unspecified atom stereocenters. The molecule has 13 heteroatoms. The average molecular weight is 457 g/mol. The highest BCUT2D eigenvalue weighted by atomic mass is 19.4. The van der Waals surface area contributed by atoms with E-state index in [1.54, 1.807) is 0 Å². The van der Waals surface area contributed by atoms with Gasteiger partial charge in [-0.2, -0.15) is 31.6 Å². The van der Waals surface area contributed by atoms with Crippen LogP contribution in [-0.4, -0.2) is 31.6 Å². The highest BCUT2D eigenvalue weighted by Gasteiger charge is 2.36. The van der Waals surface area contributed by atoms with Gasteiger partial charge in [-0.05, 0) is 43.3 Å². The van der Waals surface area contributed by atoms with E-state index in [2.05, 4.69) is 15.6 Å². The van der Waals surface area contributed by atoms with Gasteiger partial charge in [0.15, 0.2) is 5.60 Å². The van der Waals surface area contributed by atoms with Crippen LogP contribution < -0.4 is 5.32 Å². The number of carbonyl (C=O) groups is 1. The van der Waals surface area contributed by atoms with Crippen LogP contribution in [0.5, 0.6) is 0 Å². The van der Waals surface area contributed by atoms with E-state index in [0.29, 0.717) is 6.07 Å². The predicted molar refractivity (Wildman–Crippen MR) is 97.9 cm³/mol. The van der Waals surface area contributed by atoms with Crippen molar-refractivity contribution in [3.05, 3.63) is 53.1 Å². The zero-order chi connectivity index (χ0) is 23.9. The quantitative estimate of drug-likeness (QED) is 0.581. The third-order valence-electron chi connectivity index (χ3n) is 4.49. The van der Waals surface area contributed by atoms with E-state index in [9.17, 15) is 36.2 Å². The van der Waals surface area contributed by atoms with Crippen molar-refractivity contribution in [2.75, 3.05) is 5.32 Å². The lowest BCUT2D eigenvalue weighted by Gasteiger charge is -2.22. The minimum atomic E-state index is -4.84. The van der Waals surface area contributed by atoms with E-state index in [1.165, 1.54) is 6.07 Å². The van der Waals surface area contributed by atoms with Crippen LogP contribution in [0, 0.1) is 11.3 Å². The van der Waals surface area contributed by atoms with Gasteiger partial charge in [-0.1, -0.05) is 5.21 Å². The van der Waals surface area contributed by atoms with E-state index in [-0.39, 0.29) is 16.7 Å². The summed E-state index contributed by atoms with van der Waals surface area (Å²) in [6.07, 6.45) is -9.44. The van der Waals surface area contributed by atoms with Crippen molar-refractivity contribution in [1.82, 2.24) is 15.0 Å². The minimum absolute atomic E-state index is 0.101. The van der Waals surface area contributed by atoms with Crippen molar-refractivity contribution < 1.29 is 36.2 Å². The van der Waals surface area contributed by atoms with Crippen molar-refractivity contribution >= 4 is 22.6 Å². The summed E-state index contributed by atoms with van der Waals surface area (Å²) >= 11 is 0. The summed E-state index contributed by atoms with van der Waals surface area (Å²) in [5.41, 5.74) is -5.44. The molecule has 2 aromatic carbocycles. The average Bonchev–Trinajstić information content (AvgIpc) is 3.08. The molecule has 0 aliphatic rings. The molecule has 1 atom stereocenters. The van der Waals surface area contributed by atoms with Crippen molar-refractivity contribution in [3.8, 4) is 6.07 Å². The molecule has 0 saturated carbocycles. The summed E-state index contributed by atoms with van der Waals surface area (Å²) in [5.74, 6) is -1.11. The molecule has 3 aromatic rings. The molecule has 0 saturated heterocycles. The third-order valence-corrected chi connectivity index (χ3v) is 4.49. The number of alkyl halides is 6. The minimum Gasteiger partial charge on any atom is -0.378 e. The van der Waals surface area contributed by atoms with Gasteiger partial charge in [0.1, 0.15) is 5.52 Å². The second-order valence-corrected chi connectivity index (χ2v) is 7.05. The molecule has 3 rings (SSSR count). The van der Waals surface area contributed by atoms with Gasteiger partial charge < -0.3 is 10.4 Å². The molecule has 0 aliphatic carbocycles. The fraction of sp³-hybridized carbons (Fsp3) is 0.263. The highest BCUT2D eigenvalue weighted by Crippen LogP contribution is 2.34. The summed E-state index contributed by atoms with van der Waals surface area (Å²) in [4.78, 5) is 12.5. The molecule has 32 heavy (non-hydrogen) atoms. The summed E-state index contributed by atoms with van der Waals surface area (Å²) in [5, 5.41) is 28.7. The monoisotopic (exact) mass is 457 g/mol. The third kappa shape index (κ3) is 4.65. The molecule has 1 aromatic heterocycles. The fourth-order valence-electron chi connectivity index (χ4n) is 2.85. The molecular formula is C19H13F6N5O2. The van der Waals surface area contributed by atoms with Gasteiger partial charge in [-0.15, -0.1) is 5.10 Å². The van der Waals surface area contributed by atoms with Crippen molar-refractivity contribution in [1.29, 1.82) is 5.26 Å². The Hall–Kier alpha value is -3.66. The number of rotatable bonds is 4. The molecule has 0 bridgehead atoms. The standard InChI is InChI=1S/C19H13F6N5O2/c1-17(32,9-30-15-5-3-11(18(20,21)22)6-14(15)28-29-30)16(31)27-12-4-2-10(8-26)13(7-12)19(23,24)25/h2-7,32H,9H2,1H3,(H,27,31)/t17-/m0/s1. The zero-order valence-corrected chi connectivity index (χ0v) is 16.1. The number of anilines is 1. The van der Waals surface area contributed by atoms with Gasteiger partial charge in [0.05, 0.1) is 34.8 Å². The van der Waals surface area contributed by atoms with Crippen molar-refractivity contribution in [2.24, 2.45) is 0 Å². The Morgan fingerprint density at radius 1 is 1.12 bits per heavy atom. The van der Waals surface area contributed by atoms with Crippen LogP contribution in [0.3, 0.4) is 0 Å². The maximum Gasteiger partial charge on any atom is 0.417 e. The first-order valence-corrected chi connectivity index (χ1v) is 8.78. The first kappa shape index (κ1) is 23.0. The van der Waals surface area contributed by atoms with Gasteiger partial charge in [0.2, 0.25) is 0 Å². The number of hydrogen-bond donors (Lipinski definition) is 2. The number of benzene rings is 2. The normalized spacial score (nSPS) is 14.1. The number of aliphatic hydroxyl groups is 1. The number of amides is 1. The van der Waals surface area contributed by atoms with Crippen molar-refractivity contribution in [3.63, 3.8) is 0 Å². The van der Waals surface area contributed by atoms with Crippen LogP contribution in [-0.2, 0) is 23.7 Å². The summed E-state index contributed by atoms with van der Waals surface area (Å²) in [6.45, 7) is 0.497. The van der Waals surface area contributed by atoms with Gasteiger partial charge >= 0.3 is 12.4 Å².